The highest BCUT2D eigenvalue weighted by Gasteiger charge is 2.14. The van der Waals surface area contributed by atoms with Gasteiger partial charge in [-0.05, 0) is 52.7 Å². The molecule has 0 aliphatic rings. The highest BCUT2D eigenvalue weighted by molar-refractivity contribution is 9.10. The summed E-state index contributed by atoms with van der Waals surface area (Å²) in [6, 6.07) is 13.8. The van der Waals surface area contributed by atoms with Crippen LogP contribution in [-0.4, -0.2) is 15.9 Å². The Hall–Kier alpha value is -2.25. The van der Waals surface area contributed by atoms with E-state index < -0.39 is 0 Å². The molecule has 0 fully saturated rings. The number of amides is 1. The van der Waals surface area contributed by atoms with Gasteiger partial charge in [-0.15, -0.1) is 0 Å². The van der Waals surface area contributed by atoms with E-state index in [2.05, 4.69) is 55.5 Å². The van der Waals surface area contributed by atoms with Crippen molar-refractivity contribution in [3.05, 3.63) is 81.8 Å². The van der Waals surface area contributed by atoms with E-state index in [-0.39, 0.29) is 17.4 Å². The van der Waals surface area contributed by atoms with Crippen LogP contribution < -0.4 is 5.32 Å². The second-order valence-corrected chi connectivity index (χ2v) is 7.38. The molecule has 1 N–H and O–H groups in total. The van der Waals surface area contributed by atoms with Crippen molar-refractivity contribution < 1.29 is 9.18 Å². The van der Waals surface area contributed by atoms with Crippen molar-refractivity contribution in [2.45, 2.75) is 17.8 Å². The number of carbonyl (C=O) groups excluding carboxylic acids is 1. The van der Waals surface area contributed by atoms with Crippen LogP contribution in [0.15, 0.2) is 64.4 Å². The molecule has 1 aromatic heterocycles. The fraction of sp³-hybridized carbons (Fsp3) is 0.105. The number of halogens is 2. The molecule has 2 aromatic carbocycles. The summed E-state index contributed by atoms with van der Waals surface area (Å²) in [6.45, 7) is 2.04. The summed E-state index contributed by atoms with van der Waals surface area (Å²) in [5.41, 5.74) is 3.09. The van der Waals surface area contributed by atoms with Crippen LogP contribution in [0.2, 0.25) is 0 Å². The minimum atomic E-state index is -0.386. The first kappa shape index (κ1) is 18.5. The average molecular weight is 432 g/mol. The first-order valence-corrected chi connectivity index (χ1v) is 9.57. The van der Waals surface area contributed by atoms with Crippen LogP contribution in [0.4, 0.5) is 10.1 Å². The Kier molecular flexibility index (Phi) is 6.00. The van der Waals surface area contributed by atoms with Gasteiger partial charge in [0.25, 0.3) is 5.91 Å². The Morgan fingerprint density at radius 2 is 1.85 bits per heavy atom. The number of benzene rings is 2. The zero-order valence-electron chi connectivity index (χ0n) is 13.9. The lowest BCUT2D eigenvalue weighted by atomic mass is 10.2. The van der Waals surface area contributed by atoms with E-state index >= 15 is 0 Å². The van der Waals surface area contributed by atoms with Crippen LogP contribution in [0.25, 0.3) is 0 Å². The number of aromatic nitrogens is 2. The largest absolute Gasteiger partial charge is 0.321 e. The van der Waals surface area contributed by atoms with Crippen LogP contribution >= 0.6 is 27.7 Å². The second-order valence-electron chi connectivity index (χ2n) is 5.58. The third-order valence-corrected chi connectivity index (χ3v) is 5.04. The van der Waals surface area contributed by atoms with E-state index in [9.17, 15) is 9.18 Å². The molecule has 132 valence electrons. The molecular formula is C19H15BrFN3OS. The van der Waals surface area contributed by atoms with E-state index in [0.717, 1.165) is 5.56 Å². The number of thioether (sulfide) groups is 1. The molecule has 0 saturated heterocycles. The molecule has 3 rings (SSSR count). The van der Waals surface area contributed by atoms with Gasteiger partial charge in [-0.1, -0.05) is 41.6 Å². The number of aryl methyl sites for hydroxylation is 1. The number of carbonyl (C=O) groups is 1. The van der Waals surface area contributed by atoms with Crippen molar-refractivity contribution in [1.82, 2.24) is 9.97 Å². The minimum Gasteiger partial charge on any atom is -0.321 e. The monoisotopic (exact) mass is 431 g/mol. The number of hydrogen-bond donors (Lipinski definition) is 1. The summed E-state index contributed by atoms with van der Waals surface area (Å²) < 4.78 is 13.5. The van der Waals surface area contributed by atoms with Gasteiger partial charge in [-0.3, -0.25) is 4.79 Å². The molecule has 1 heterocycles. The summed E-state index contributed by atoms with van der Waals surface area (Å²) in [4.78, 5) is 21.0. The molecule has 26 heavy (non-hydrogen) atoms. The standard InChI is InChI=1S/C19H15BrFN3OS/c1-12-2-4-13(5-3-12)11-26-19-22-10-16(20)17(24-19)18(25)23-15-8-6-14(21)7-9-15/h2-10H,11H2,1H3,(H,23,25). The van der Waals surface area contributed by atoms with Crippen molar-refractivity contribution >= 4 is 39.3 Å². The third kappa shape index (κ3) is 4.89. The summed E-state index contributed by atoms with van der Waals surface area (Å²) >= 11 is 4.76. The van der Waals surface area contributed by atoms with Crippen molar-refractivity contribution in [3.8, 4) is 0 Å². The maximum atomic E-state index is 13.0. The summed E-state index contributed by atoms with van der Waals surface area (Å²) in [7, 11) is 0. The number of nitrogens with zero attached hydrogens (tertiary/aromatic N) is 2. The minimum absolute atomic E-state index is 0.232. The Morgan fingerprint density at radius 3 is 2.54 bits per heavy atom. The molecule has 4 nitrogen and oxygen atoms in total. The predicted molar refractivity (Wildman–Crippen MR) is 105 cm³/mol. The fourth-order valence-electron chi connectivity index (χ4n) is 2.14. The lowest BCUT2D eigenvalue weighted by molar-refractivity contribution is 0.102. The fourth-order valence-corrected chi connectivity index (χ4v) is 3.28. The van der Waals surface area contributed by atoms with Gasteiger partial charge in [0, 0.05) is 17.6 Å². The quantitative estimate of drug-likeness (QED) is 0.443. The van der Waals surface area contributed by atoms with Crippen molar-refractivity contribution in [3.63, 3.8) is 0 Å². The normalized spacial score (nSPS) is 10.6. The first-order chi connectivity index (χ1) is 12.5. The molecule has 0 bridgehead atoms. The van der Waals surface area contributed by atoms with Crippen LogP contribution in [-0.2, 0) is 5.75 Å². The highest BCUT2D eigenvalue weighted by Crippen LogP contribution is 2.23. The van der Waals surface area contributed by atoms with Gasteiger partial charge in [-0.2, -0.15) is 0 Å². The van der Waals surface area contributed by atoms with Crippen molar-refractivity contribution in [1.29, 1.82) is 0 Å². The number of hydrogen-bond acceptors (Lipinski definition) is 4. The second kappa shape index (κ2) is 8.42. The smallest absolute Gasteiger partial charge is 0.275 e. The average Bonchev–Trinajstić information content (AvgIpc) is 2.64. The zero-order chi connectivity index (χ0) is 18.5. The van der Waals surface area contributed by atoms with Gasteiger partial charge in [0.2, 0.25) is 0 Å². The predicted octanol–water partition coefficient (Wildman–Crippen LogP) is 5.23. The Morgan fingerprint density at radius 1 is 1.15 bits per heavy atom. The van der Waals surface area contributed by atoms with Gasteiger partial charge < -0.3 is 5.32 Å². The molecular weight excluding hydrogens is 417 g/mol. The van der Waals surface area contributed by atoms with E-state index in [1.54, 1.807) is 6.20 Å². The molecule has 0 radical (unpaired) electrons. The Bertz CT molecular complexity index is 917. The van der Waals surface area contributed by atoms with E-state index in [1.807, 2.05) is 6.92 Å². The molecule has 0 unspecified atom stereocenters. The number of rotatable bonds is 5. The third-order valence-electron chi connectivity index (χ3n) is 3.53. The summed E-state index contributed by atoms with van der Waals surface area (Å²) in [5.74, 6) is -0.0370. The lowest BCUT2D eigenvalue weighted by Crippen LogP contribution is -2.15. The Labute approximate surface area is 163 Å². The van der Waals surface area contributed by atoms with E-state index in [0.29, 0.717) is 21.1 Å². The van der Waals surface area contributed by atoms with Gasteiger partial charge >= 0.3 is 0 Å². The van der Waals surface area contributed by atoms with Crippen LogP contribution in [0.3, 0.4) is 0 Å². The van der Waals surface area contributed by atoms with Gasteiger partial charge in [0.05, 0.1) is 4.47 Å². The summed E-state index contributed by atoms with van der Waals surface area (Å²) in [5, 5.41) is 3.21. The maximum absolute atomic E-state index is 13.0. The molecule has 0 spiro atoms. The van der Waals surface area contributed by atoms with E-state index in [4.69, 9.17) is 0 Å². The van der Waals surface area contributed by atoms with Crippen LogP contribution in [0.1, 0.15) is 21.6 Å². The SMILES string of the molecule is Cc1ccc(CSc2ncc(Br)c(C(=O)Nc3ccc(F)cc3)n2)cc1. The number of nitrogens with one attached hydrogen (secondary N) is 1. The van der Waals surface area contributed by atoms with Crippen LogP contribution in [0, 0.1) is 12.7 Å². The highest BCUT2D eigenvalue weighted by atomic mass is 79.9. The zero-order valence-corrected chi connectivity index (χ0v) is 16.3. The molecule has 7 heteroatoms. The Balaban J connectivity index is 1.71. The molecule has 0 aliphatic heterocycles. The van der Waals surface area contributed by atoms with Crippen molar-refractivity contribution in [2.75, 3.05) is 5.32 Å². The topological polar surface area (TPSA) is 54.9 Å². The summed E-state index contributed by atoms with van der Waals surface area (Å²) in [6.07, 6.45) is 1.56. The molecule has 0 saturated carbocycles. The molecule has 0 aliphatic carbocycles. The maximum Gasteiger partial charge on any atom is 0.275 e. The van der Waals surface area contributed by atoms with Gasteiger partial charge in [0.15, 0.2) is 5.16 Å². The van der Waals surface area contributed by atoms with Crippen molar-refractivity contribution in [2.24, 2.45) is 0 Å². The molecule has 1 amide bonds. The molecule has 3 aromatic rings. The lowest BCUT2D eigenvalue weighted by Gasteiger charge is -2.08. The van der Waals surface area contributed by atoms with Gasteiger partial charge in [-0.25, -0.2) is 14.4 Å². The number of anilines is 1. The van der Waals surface area contributed by atoms with Crippen LogP contribution in [0.5, 0.6) is 0 Å². The van der Waals surface area contributed by atoms with Gasteiger partial charge in [0.1, 0.15) is 11.5 Å². The van der Waals surface area contributed by atoms with E-state index in [1.165, 1.54) is 41.6 Å². The molecule has 0 atom stereocenters. The first-order valence-electron chi connectivity index (χ1n) is 7.79.